The van der Waals surface area contributed by atoms with Gasteiger partial charge in [-0.1, -0.05) is 35.9 Å². The van der Waals surface area contributed by atoms with E-state index in [9.17, 15) is 4.79 Å². The fourth-order valence-corrected chi connectivity index (χ4v) is 4.96. The van der Waals surface area contributed by atoms with Crippen molar-refractivity contribution < 1.29 is 4.74 Å². The Hall–Kier alpha value is -3.82. The van der Waals surface area contributed by atoms with E-state index in [2.05, 4.69) is 20.3 Å². The summed E-state index contributed by atoms with van der Waals surface area (Å²) in [6.07, 6.45) is 6.26. The molecule has 1 saturated heterocycles. The van der Waals surface area contributed by atoms with Gasteiger partial charge in [-0.2, -0.15) is 0 Å². The molecule has 0 bridgehead atoms. The zero-order valence-corrected chi connectivity index (χ0v) is 20.4. The monoisotopic (exact) mass is 501 g/mol. The van der Waals surface area contributed by atoms with E-state index in [1.807, 2.05) is 41.8 Å². The first kappa shape index (κ1) is 22.6. The molecule has 0 radical (unpaired) electrons. The second-order valence-electron chi connectivity index (χ2n) is 8.81. The molecule has 0 amide bonds. The summed E-state index contributed by atoms with van der Waals surface area (Å²) in [5, 5.41) is 4.17. The smallest absolute Gasteiger partial charge is 0.267 e. The highest BCUT2D eigenvalue weighted by molar-refractivity contribution is 6.35. The van der Waals surface area contributed by atoms with Gasteiger partial charge in [-0.15, -0.1) is 0 Å². The number of ether oxygens (including phenoxy) is 1. The highest BCUT2D eigenvalue weighted by Crippen LogP contribution is 2.29. The second kappa shape index (κ2) is 9.33. The Balaban J connectivity index is 1.44. The topological polar surface area (TPSA) is 99.8 Å². The van der Waals surface area contributed by atoms with Gasteiger partial charge in [-0.05, 0) is 50.5 Å². The number of para-hydroxylation sites is 1. The van der Waals surface area contributed by atoms with E-state index in [1.165, 1.54) is 6.33 Å². The second-order valence-corrected chi connectivity index (χ2v) is 9.22. The van der Waals surface area contributed by atoms with Gasteiger partial charge < -0.3 is 10.1 Å². The van der Waals surface area contributed by atoms with Crippen molar-refractivity contribution in [1.82, 2.24) is 29.1 Å². The van der Waals surface area contributed by atoms with Crippen LogP contribution in [0.5, 0.6) is 0 Å². The molecule has 1 aliphatic heterocycles. The van der Waals surface area contributed by atoms with Crippen LogP contribution in [-0.4, -0.2) is 35.7 Å². The number of halogens is 1. The summed E-state index contributed by atoms with van der Waals surface area (Å²) in [4.78, 5) is 32.0. The molecule has 4 heterocycles. The summed E-state index contributed by atoms with van der Waals surface area (Å²) in [5.74, 6) is 1.09. The number of imidazole rings is 1. The van der Waals surface area contributed by atoms with E-state index in [-0.39, 0.29) is 11.8 Å². The first-order valence-corrected chi connectivity index (χ1v) is 12.3. The third kappa shape index (κ3) is 3.90. The number of rotatable bonds is 5. The Bertz CT molecular complexity index is 1610. The molecule has 0 aliphatic carbocycles. The number of nitrogens with zero attached hydrogens (tertiary/aromatic N) is 6. The lowest BCUT2D eigenvalue weighted by atomic mass is 10.2. The molecule has 1 fully saturated rings. The lowest BCUT2D eigenvalue weighted by Gasteiger charge is -2.23. The van der Waals surface area contributed by atoms with Crippen molar-refractivity contribution in [2.24, 2.45) is 0 Å². The van der Waals surface area contributed by atoms with Gasteiger partial charge in [0.2, 0.25) is 0 Å². The van der Waals surface area contributed by atoms with Crippen LogP contribution in [-0.2, 0) is 4.74 Å². The molecule has 1 aliphatic rings. The van der Waals surface area contributed by atoms with Crippen LogP contribution in [0.2, 0.25) is 5.02 Å². The molecule has 2 atom stereocenters. The van der Waals surface area contributed by atoms with Gasteiger partial charge in [-0.3, -0.25) is 13.9 Å². The van der Waals surface area contributed by atoms with Crippen LogP contribution in [0.25, 0.3) is 27.8 Å². The normalized spacial score (nSPS) is 16.9. The van der Waals surface area contributed by atoms with Gasteiger partial charge in [0.1, 0.15) is 18.4 Å². The van der Waals surface area contributed by atoms with E-state index in [4.69, 9.17) is 21.3 Å². The third-order valence-electron chi connectivity index (χ3n) is 6.45. The van der Waals surface area contributed by atoms with Crippen molar-refractivity contribution in [3.63, 3.8) is 0 Å². The Morgan fingerprint density at radius 1 is 1.08 bits per heavy atom. The molecule has 1 unspecified atom stereocenters. The van der Waals surface area contributed by atoms with E-state index in [1.54, 1.807) is 29.1 Å². The molecule has 2 aromatic carbocycles. The summed E-state index contributed by atoms with van der Waals surface area (Å²) >= 11 is 6.41. The van der Waals surface area contributed by atoms with Crippen LogP contribution >= 0.6 is 11.6 Å². The molecule has 10 heteroatoms. The quantitative estimate of drug-likeness (QED) is 0.359. The Morgan fingerprint density at radius 2 is 1.94 bits per heavy atom. The van der Waals surface area contributed by atoms with Crippen molar-refractivity contribution in [2.75, 3.05) is 11.9 Å². The molecule has 0 saturated carbocycles. The third-order valence-corrected chi connectivity index (χ3v) is 6.77. The molecule has 9 nitrogen and oxygen atoms in total. The molecule has 0 spiro atoms. The van der Waals surface area contributed by atoms with Crippen molar-refractivity contribution >= 4 is 39.5 Å². The lowest BCUT2D eigenvalue weighted by molar-refractivity contribution is -0.0298. The number of benzene rings is 2. The van der Waals surface area contributed by atoms with E-state index in [0.29, 0.717) is 44.4 Å². The van der Waals surface area contributed by atoms with E-state index in [0.717, 1.165) is 25.9 Å². The molecule has 1 N–H and O–H groups in total. The van der Waals surface area contributed by atoms with Gasteiger partial charge in [-0.25, -0.2) is 19.9 Å². The zero-order valence-electron chi connectivity index (χ0n) is 19.6. The molecular weight excluding hydrogens is 478 g/mol. The largest absolute Gasteiger partial charge is 0.358 e. The van der Waals surface area contributed by atoms with Gasteiger partial charge in [0, 0.05) is 6.61 Å². The van der Waals surface area contributed by atoms with Crippen LogP contribution in [0.1, 0.15) is 44.3 Å². The summed E-state index contributed by atoms with van der Waals surface area (Å²) in [6.45, 7) is 2.67. The highest BCUT2D eigenvalue weighted by atomic mass is 35.5. The van der Waals surface area contributed by atoms with Crippen LogP contribution in [0.4, 0.5) is 5.82 Å². The summed E-state index contributed by atoms with van der Waals surface area (Å²) in [5.41, 5.74) is 2.34. The number of hydrogen-bond acceptors (Lipinski definition) is 7. The Kier molecular flexibility index (Phi) is 5.86. The maximum absolute atomic E-state index is 13.7. The zero-order chi connectivity index (χ0) is 24.6. The van der Waals surface area contributed by atoms with Crippen LogP contribution in [0.15, 0.2) is 66.0 Å². The molecule has 3 aromatic heterocycles. The Morgan fingerprint density at radius 3 is 2.75 bits per heavy atom. The molecule has 6 rings (SSSR count). The fourth-order valence-electron chi connectivity index (χ4n) is 4.70. The minimum absolute atomic E-state index is 0.0842. The Labute approximate surface area is 211 Å². The number of hydrogen-bond donors (Lipinski definition) is 1. The van der Waals surface area contributed by atoms with Gasteiger partial charge >= 0.3 is 0 Å². The summed E-state index contributed by atoms with van der Waals surface area (Å²) in [6, 6.07) is 14.3. The van der Waals surface area contributed by atoms with Gasteiger partial charge in [0.05, 0.1) is 34.0 Å². The summed E-state index contributed by atoms with van der Waals surface area (Å²) in [7, 11) is 0. The number of aromatic nitrogens is 6. The van der Waals surface area contributed by atoms with E-state index < -0.39 is 6.04 Å². The standard InChI is InChI=1S/C26H24ClN7O2/c1-16(31-23-22-25(29-14-28-23)33(15-30-22)20-12-5-6-13-36-20)24-32-19-11-7-10-18(27)21(19)26(35)34(24)17-8-3-2-4-9-17/h2-4,7-11,14-16,20H,5-6,12-13H2,1H3,(H,28,29,31)/t16-,20?/m0/s1. The van der Waals surface area contributed by atoms with Gasteiger partial charge in [0.15, 0.2) is 17.0 Å². The van der Waals surface area contributed by atoms with Crippen LogP contribution in [0.3, 0.4) is 0 Å². The SMILES string of the molecule is C[C@H](Nc1ncnc2c1ncn2C1CCCCO1)c1nc2cccc(Cl)c2c(=O)n1-c1ccccc1. The molecule has 36 heavy (non-hydrogen) atoms. The van der Waals surface area contributed by atoms with Crippen LogP contribution < -0.4 is 10.9 Å². The fraction of sp³-hybridized carbons (Fsp3) is 0.269. The molecular formula is C26H24ClN7O2. The maximum atomic E-state index is 13.7. The van der Waals surface area contributed by atoms with Crippen molar-refractivity contribution in [2.45, 2.75) is 38.5 Å². The lowest BCUT2D eigenvalue weighted by Crippen LogP contribution is -2.27. The van der Waals surface area contributed by atoms with Crippen molar-refractivity contribution in [3.8, 4) is 5.69 Å². The minimum atomic E-state index is -0.393. The summed E-state index contributed by atoms with van der Waals surface area (Å²) < 4.78 is 9.49. The van der Waals surface area contributed by atoms with Gasteiger partial charge in [0.25, 0.3) is 5.56 Å². The molecule has 182 valence electrons. The first-order valence-electron chi connectivity index (χ1n) is 11.9. The van der Waals surface area contributed by atoms with E-state index >= 15 is 0 Å². The number of anilines is 1. The first-order chi connectivity index (χ1) is 17.6. The maximum Gasteiger partial charge on any atom is 0.267 e. The minimum Gasteiger partial charge on any atom is -0.358 e. The average Bonchev–Trinajstić information content (AvgIpc) is 3.35. The molecule has 5 aromatic rings. The predicted molar refractivity (Wildman–Crippen MR) is 139 cm³/mol. The van der Waals surface area contributed by atoms with Crippen molar-refractivity contribution in [3.05, 3.63) is 82.4 Å². The average molecular weight is 502 g/mol. The number of nitrogens with one attached hydrogen (secondary N) is 1. The highest BCUT2D eigenvalue weighted by Gasteiger charge is 2.23. The van der Waals surface area contributed by atoms with Crippen molar-refractivity contribution in [1.29, 1.82) is 0 Å². The van der Waals surface area contributed by atoms with Crippen LogP contribution in [0, 0.1) is 0 Å². The predicted octanol–water partition coefficient (Wildman–Crippen LogP) is 5.05. The number of fused-ring (bicyclic) bond motifs is 2.